The Morgan fingerprint density at radius 3 is 2.40 bits per heavy atom. The van der Waals surface area contributed by atoms with Gasteiger partial charge in [-0.3, -0.25) is 14.5 Å². The van der Waals surface area contributed by atoms with Crippen molar-refractivity contribution < 1.29 is 9.59 Å². The molecule has 0 aromatic heterocycles. The van der Waals surface area contributed by atoms with Crippen LogP contribution in [0.3, 0.4) is 0 Å². The number of hydrogen-bond acceptors (Lipinski definition) is 4. The monoisotopic (exact) mass is 421 g/mol. The van der Waals surface area contributed by atoms with Gasteiger partial charge in [-0.2, -0.15) is 0 Å². The molecule has 1 aliphatic heterocycles. The quantitative estimate of drug-likeness (QED) is 0.735. The number of rotatable bonds is 5. The number of para-hydroxylation sites is 1. The molecule has 1 atom stereocenters. The van der Waals surface area contributed by atoms with Gasteiger partial charge in [0.25, 0.3) is 0 Å². The minimum absolute atomic E-state index is 0.00161. The van der Waals surface area contributed by atoms with Gasteiger partial charge in [0.05, 0.1) is 5.69 Å². The zero-order valence-electron chi connectivity index (χ0n) is 17.9. The molecule has 1 saturated carbocycles. The van der Waals surface area contributed by atoms with E-state index in [1.165, 1.54) is 22.9 Å². The van der Waals surface area contributed by atoms with E-state index in [1.54, 1.807) is 0 Å². The van der Waals surface area contributed by atoms with Crippen LogP contribution in [0.1, 0.15) is 41.5 Å². The standard InChI is InChI=1S/C24H27N3O2S/c1-14-8-9-18(12-17(14)4)25-24-27(19-10-11-19)23(29)20(30-24)13-21(28)26-22-15(2)6-5-7-16(22)3/h5-9,12,19-20H,10-11,13H2,1-4H3,(H,26,28). The molecular weight excluding hydrogens is 394 g/mol. The number of nitrogens with one attached hydrogen (secondary N) is 1. The smallest absolute Gasteiger partial charge is 0.242 e. The summed E-state index contributed by atoms with van der Waals surface area (Å²) in [4.78, 5) is 32.4. The molecule has 0 spiro atoms. The van der Waals surface area contributed by atoms with Crippen molar-refractivity contribution >= 4 is 40.1 Å². The van der Waals surface area contributed by atoms with Crippen molar-refractivity contribution in [3.8, 4) is 0 Å². The molecule has 1 N–H and O–H groups in total. The molecule has 4 rings (SSSR count). The molecule has 1 saturated heterocycles. The second-order valence-corrected chi connectivity index (χ2v) is 9.40. The Morgan fingerprint density at radius 2 is 1.77 bits per heavy atom. The Labute approximate surface area is 182 Å². The van der Waals surface area contributed by atoms with Crippen molar-refractivity contribution in [3.05, 3.63) is 58.7 Å². The number of amidine groups is 1. The van der Waals surface area contributed by atoms with Gasteiger partial charge in [0.1, 0.15) is 5.25 Å². The van der Waals surface area contributed by atoms with E-state index < -0.39 is 5.25 Å². The summed E-state index contributed by atoms with van der Waals surface area (Å²) in [6.45, 7) is 8.08. The fourth-order valence-electron chi connectivity index (χ4n) is 3.64. The lowest BCUT2D eigenvalue weighted by Crippen LogP contribution is -2.35. The van der Waals surface area contributed by atoms with E-state index in [4.69, 9.17) is 4.99 Å². The lowest BCUT2D eigenvalue weighted by atomic mass is 10.1. The maximum atomic E-state index is 13.1. The third-order valence-electron chi connectivity index (χ3n) is 5.71. The van der Waals surface area contributed by atoms with E-state index in [0.29, 0.717) is 0 Å². The molecule has 6 heteroatoms. The number of nitrogens with zero attached hydrogens (tertiary/aromatic N) is 2. The highest BCUT2D eigenvalue weighted by Gasteiger charge is 2.46. The summed E-state index contributed by atoms with van der Waals surface area (Å²) >= 11 is 1.41. The van der Waals surface area contributed by atoms with Crippen LogP contribution in [0.4, 0.5) is 11.4 Å². The van der Waals surface area contributed by atoms with E-state index in [0.717, 1.165) is 40.5 Å². The number of thioether (sulfide) groups is 1. The Hall–Kier alpha value is -2.60. The van der Waals surface area contributed by atoms with Gasteiger partial charge in [-0.1, -0.05) is 36.0 Å². The van der Waals surface area contributed by atoms with Gasteiger partial charge in [-0.15, -0.1) is 0 Å². The Balaban J connectivity index is 1.52. The summed E-state index contributed by atoms with van der Waals surface area (Å²) in [5, 5.41) is 3.29. The predicted molar refractivity (Wildman–Crippen MR) is 123 cm³/mol. The number of amides is 2. The number of aryl methyl sites for hydroxylation is 4. The Bertz CT molecular complexity index is 1020. The lowest BCUT2D eigenvalue weighted by Gasteiger charge is -2.15. The topological polar surface area (TPSA) is 61.8 Å². The van der Waals surface area contributed by atoms with Crippen LogP contribution in [0.5, 0.6) is 0 Å². The number of benzene rings is 2. The third kappa shape index (κ3) is 4.29. The fraction of sp³-hybridized carbons (Fsp3) is 0.375. The van der Waals surface area contributed by atoms with E-state index in [2.05, 4.69) is 19.2 Å². The normalized spacial score (nSPS) is 20.1. The maximum absolute atomic E-state index is 13.1. The molecule has 2 aliphatic rings. The van der Waals surface area contributed by atoms with Gasteiger partial charge in [0.2, 0.25) is 11.8 Å². The van der Waals surface area contributed by atoms with Gasteiger partial charge in [0.15, 0.2) is 5.17 Å². The first-order valence-electron chi connectivity index (χ1n) is 10.3. The largest absolute Gasteiger partial charge is 0.326 e. The Morgan fingerprint density at radius 1 is 1.07 bits per heavy atom. The molecule has 2 aromatic rings. The second-order valence-electron chi connectivity index (χ2n) is 8.23. The number of anilines is 1. The van der Waals surface area contributed by atoms with Crippen LogP contribution < -0.4 is 5.32 Å². The summed E-state index contributed by atoms with van der Waals surface area (Å²) in [7, 11) is 0. The lowest BCUT2D eigenvalue weighted by molar-refractivity contribution is -0.128. The van der Waals surface area contributed by atoms with E-state index >= 15 is 0 Å². The zero-order chi connectivity index (χ0) is 21.4. The summed E-state index contributed by atoms with van der Waals surface area (Å²) in [5.41, 5.74) is 6.11. The van der Waals surface area contributed by atoms with Crippen molar-refractivity contribution in [2.24, 2.45) is 4.99 Å². The minimum atomic E-state index is -0.430. The van der Waals surface area contributed by atoms with Gasteiger partial charge in [-0.05, 0) is 74.9 Å². The molecule has 1 unspecified atom stereocenters. The third-order valence-corrected chi connectivity index (χ3v) is 6.86. The number of aliphatic imine (C=N–C) groups is 1. The van der Waals surface area contributed by atoms with E-state index in [1.807, 2.05) is 55.1 Å². The number of carbonyl (C=O) groups excluding carboxylic acids is 2. The van der Waals surface area contributed by atoms with Crippen molar-refractivity contribution in [1.29, 1.82) is 0 Å². The molecule has 30 heavy (non-hydrogen) atoms. The summed E-state index contributed by atoms with van der Waals surface area (Å²) in [6.07, 6.45) is 2.14. The van der Waals surface area contributed by atoms with E-state index in [-0.39, 0.29) is 24.3 Å². The SMILES string of the molecule is Cc1ccc(N=C2SC(CC(=O)Nc3c(C)cccc3C)C(=O)N2C2CC2)cc1C. The average molecular weight is 422 g/mol. The highest BCUT2D eigenvalue weighted by atomic mass is 32.2. The molecule has 1 heterocycles. The van der Waals surface area contributed by atoms with Crippen LogP contribution in [-0.2, 0) is 9.59 Å². The van der Waals surface area contributed by atoms with Crippen molar-refractivity contribution in [2.45, 2.75) is 58.2 Å². The molecular formula is C24H27N3O2S. The predicted octanol–water partition coefficient (Wildman–Crippen LogP) is 5.04. The zero-order valence-corrected chi connectivity index (χ0v) is 18.7. The fourth-order valence-corrected chi connectivity index (χ4v) is 4.85. The van der Waals surface area contributed by atoms with Crippen molar-refractivity contribution in [2.75, 3.05) is 5.32 Å². The molecule has 1 aliphatic carbocycles. The molecule has 5 nitrogen and oxygen atoms in total. The second kappa shape index (κ2) is 8.26. The van der Waals surface area contributed by atoms with Crippen LogP contribution in [0.15, 0.2) is 41.4 Å². The van der Waals surface area contributed by atoms with Crippen LogP contribution in [0.2, 0.25) is 0 Å². The first-order valence-corrected chi connectivity index (χ1v) is 11.2. The Kier molecular flexibility index (Phi) is 5.69. The molecule has 2 amide bonds. The minimum Gasteiger partial charge on any atom is -0.326 e. The molecule has 2 fully saturated rings. The van der Waals surface area contributed by atoms with Crippen molar-refractivity contribution in [1.82, 2.24) is 4.90 Å². The van der Waals surface area contributed by atoms with Crippen LogP contribution in [0.25, 0.3) is 0 Å². The first kappa shape index (κ1) is 20.7. The molecule has 0 bridgehead atoms. The maximum Gasteiger partial charge on any atom is 0.242 e. The number of carbonyl (C=O) groups is 2. The highest BCUT2D eigenvalue weighted by Crippen LogP contribution is 2.39. The highest BCUT2D eigenvalue weighted by molar-refractivity contribution is 8.15. The average Bonchev–Trinajstić information content (AvgIpc) is 3.47. The van der Waals surface area contributed by atoms with E-state index in [9.17, 15) is 9.59 Å². The van der Waals surface area contributed by atoms with Gasteiger partial charge in [-0.25, -0.2) is 4.99 Å². The first-order chi connectivity index (χ1) is 14.3. The molecule has 2 aromatic carbocycles. The molecule has 156 valence electrons. The van der Waals surface area contributed by atoms with Crippen LogP contribution in [0, 0.1) is 27.7 Å². The van der Waals surface area contributed by atoms with Gasteiger partial charge >= 0.3 is 0 Å². The number of hydrogen-bond donors (Lipinski definition) is 1. The van der Waals surface area contributed by atoms with Crippen LogP contribution >= 0.6 is 11.8 Å². The van der Waals surface area contributed by atoms with Gasteiger partial charge < -0.3 is 5.32 Å². The summed E-state index contributed by atoms with van der Waals surface area (Å²) in [6, 6.07) is 12.2. The van der Waals surface area contributed by atoms with Crippen molar-refractivity contribution in [3.63, 3.8) is 0 Å². The summed E-state index contributed by atoms with van der Waals surface area (Å²) < 4.78 is 0. The van der Waals surface area contributed by atoms with Crippen LogP contribution in [-0.4, -0.2) is 33.2 Å². The van der Waals surface area contributed by atoms with Gasteiger partial charge in [0, 0.05) is 18.2 Å². The molecule has 0 radical (unpaired) electrons. The summed E-state index contributed by atoms with van der Waals surface area (Å²) in [5.74, 6) is -0.136.